The lowest BCUT2D eigenvalue weighted by atomic mass is 10.0. The van der Waals surface area contributed by atoms with Crippen LogP contribution in [0.1, 0.15) is 0 Å². The highest BCUT2D eigenvalue weighted by atomic mass is 19.1. The molecule has 0 spiro atoms. The maximum Gasteiger partial charge on any atom is 0.240 e. The van der Waals surface area contributed by atoms with Gasteiger partial charge in [0.2, 0.25) is 5.91 Å². The minimum atomic E-state index is -0.308. The van der Waals surface area contributed by atoms with Crippen molar-refractivity contribution in [1.29, 1.82) is 0 Å². The van der Waals surface area contributed by atoms with E-state index in [2.05, 4.69) is 20.3 Å². The van der Waals surface area contributed by atoms with Gasteiger partial charge in [0.15, 0.2) is 0 Å². The van der Waals surface area contributed by atoms with Gasteiger partial charge in [-0.15, -0.1) is 0 Å². The summed E-state index contributed by atoms with van der Waals surface area (Å²) < 4.78 is 15.3. The third-order valence-corrected chi connectivity index (χ3v) is 4.87. The maximum atomic E-state index is 13.5. The first-order valence-corrected chi connectivity index (χ1v) is 9.68. The number of amides is 1. The summed E-state index contributed by atoms with van der Waals surface area (Å²) in [7, 11) is 3.92. The molecule has 0 radical (unpaired) electrons. The number of nitrogens with zero attached hydrogens (tertiary/aromatic N) is 4. The van der Waals surface area contributed by atoms with Crippen LogP contribution in [0.4, 0.5) is 4.39 Å². The Morgan fingerprint density at radius 1 is 1.17 bits per heavy atom. The van der Waals surface area contributed by atoms with Crippen molar-refractivity contribution >= 4 is 16.9 Å². The zero-order valence-corrected chi connectivity index (χ0v) is 16.9. The molecule has 0 saturated carbocycles. The molecule has 3 aromatic heterocycles. The molecule has 4 rings (SSSR count). The van der Waals surface area contributed by atoms with Crippen LogP contribution in [0.5, 0.6) is 0 Å². The predicted octanol–water partition coefficient (Wildman–Crippen LogP) is 2.91. The fourth-order valence-electron chi connectivity index (χ4n) is 3.40. The fraction of sp³-hybridized carbons (Fsp3) is 0.227. The number of aromatic amines is 1. The van der Waals surface area contributed by atoms with E-state index >= 15 is 0 Å². The average Bonchev–Trinajstić information content (AvgIpc) is 3.35. The Morgan fingerprint density at radius 3 is 2.73 bits per heavy atom. The molecule has 3 heterocycles. The topological polar surface area (TPSA) is 78.8 Å². The number of nitrogens with one attached hydrogen (secondary N) is 2. The standard InChI is InChI=1S/C22H23FN6O/c1-28(2)12-11-24-19(30)13-29-14-27-20(15-3-5-16(23)6-4-15)21(29)17-7-9-25-22-18(17)8-10-26-22/h3-10,14H,11-13H2,1-2H3,(H,24,30)(H,25,26). The molecule has 7 nitrogen and oxygen atoms in total. The zero-order valence-electron chi connectivity index (χ0n) is 16.9. The summed E-state index contributed by atoms with van der Waals surface area (Å²) >= 11 is 0. The van der Waals surface area contributed by atoms with Gasteiger partial charge in [-0.2, -0.15) is 0 Å². The quantitative estimate of drug-likeness (QED) is 0.495. The second kappa shape index (κ2) is 8.46. The number of carbonyl (C=O) groups is 1. The van der Waals surface area contributed by atoms with Crippen LogP contribution in [0.2, 0.25) is 0 Å². The molecular weight excluding hydrogens is 383 g/mol. The number of halogens is 1. The Kier molecular flexibility index (Phi) is 5.58. The van der Waals surface area contributed by atoms with E-state index in [1.54, 1.807) is 24.7 Å². The lowest BCUT2D eigenvalue weighted by Gasteiger charge is -2.13. The van der Waals surface area contributed by atoms with Gasteiger partial charge in [-0.1, -0.05) is 0 Å². The van der Waals surface area contributed by atoms with Gasteiger partial charge in [-0.05, 0) is 50.5 Å². The molecule has 2 N–H and O–H groups in total. The molecule has 0 bridgehead atoms. The lowest BCUT2D eigenvalue weighted by Crippen LogP contribution is -2.33. The maximum absolute atomic E-state index is 13.5. The van der Waals surface area contributed by atoms with Crippen molar-refractivity contribution in [3.05, 3.63) is 60.9 Å². The van der Waals surface area contributed by atoms with E-state index in [-0.39, 0.29) is 18.3 Å². The first-order valence-electron chi connectivity index (χ1n) is 9.68. The van der Waals surface area contributed by atoms with Gasteiger partial charge in [0.05, 0.1) is 17.7 Å². The van der Waals surface area contributed by atoms with Crippen LogP contribution in [-0.4, -0.2) is 57.5 Å². The Labute approximate surface area is 173 Å². The van der Waals surface area contributed by atoms with Crippen LogP contribution in [0.3, 0.4) is 0 Å². The van der Waals surface area contributed by atoms with Crippen molar-refractivity contribution in [3.63, 3.8) is 0 Å². The van der Waals surface area contributed by atoms with Gasteiger partial charge in [0, 0.05) is 42.0 Å². The van der Waals surface area contributed by atoms with E-state index in [0.29, 0.717) is 12.2 Å². The molecule has 30 heavy (non-hydrogen) atoms. The number of benzene rings is 1. The van der Waals surface area contributed by atoms with Crippen molar-refractivity contribution in [1.82, 2.24) is 29.7 Å². The van der Waals surface area contributed by atoms with Crippen molar-refractivity contribution in [2.45, 2.75) is 6.54 Å². The van der Waals surface area contributed by atoms with E-state index in [9.17, 15) is 9.18 Å². The Hall–Kier alpha value is -3.52. The van der Waals surface area contributed by atoms with Gasteiger partial charge >= 0.3 is 0 Å². The van der Waals surface area contributed by atoms with E-state index in [1.807, 2.05) is 41.9 Å². The molecule has 0 aliphatic carbocycles. The van der Waals surface area contributed by atoms with E-state index in [1.165, 1.54) is 12.1 Å². The Balaban J connectivity index is 1.75. The van der Waals surface area contributed by atoms with Crippen LogP contribution in [0.15, 0.2) is 55.1 Å². The molecule has 0 atom stereocenters. The summed E-state index contributed by atoms with van der Waals surface area (Å²) in [5, 5.41) is 3.86. The number of hydrogen-bond acceptors (Lipinski definition) is 4. The highest BCUT2D eigenvalue weighted by Gasteiger charge is 2.19. The number of pyridine rings is 1. The summed E-state index contributed by atoms with van der Waals surface area (Å²) in [6, 6.07) is 10.0. The molecule has 0 aliphatic rings. The first kappa shape index (κ1) is 19.8. The summed E-state index contributed by atoms with van der Waals surface area (Å²) in [5.41, 5.74) is 3.90. The predicted molar refractivity (Wildman–Crippen MR) is 114 cm³/mol. The number of carbonyl (C=O) groups excluding carboxylic acids is 1. The van der Waals surface area contributed by atoms with Crippen molar-refractivity contribution in [2.24, 2.45) is 0 Å². The number of imidazole rings is 1. The number of aromatic nitrogens is 4. The second-order valence-electron chi connectivity index (χ2n) is 7.33. The minimum absolute atomic E-state index is 0.0967. The molecule has 154 valence electrons. The lowest BCUT2D eigenvalue weighted by molar-refractivity contribution is -0.121. The molecule has 0 unspecified atom stereocenters. The monoisotopic (exact) mass is 406 g/mol. The zero-order chi connectivity index (χ0) is 21.1. The first-order chi connectivity index (χ1) is 14.5. The number of hydrogen-bond donors (Lipinski definition) is 2. The van der Waals surface area contributed by atoms with Crippen molar-refractivity contribution in [3.8, 4) is 22.5 Å². The summed E-state index contributed by atoms with van der Waals surface area (Å²) in [6.45, 7) is 1.46. The third kappa shape index (κ3) is 4.08. The molecular formula is C22H23FN6O. The molecule has 0 fully saturated rings. The molecule has 4 aromatic rings. The number of H-pyrrole nitrogens is 1. The highest BCUT2D eigenvalue weighted by Crippen LogP contribution is 2.35. The molecule has 8 heteroatoms. The van der Waals surface area contributed by atoms with Crippen molar-refractivity contribution in [2.75, 3.05) is 27.2 Å². The van der Waals surface area contributed by atoms with Gasteiger partial charge < -0.3 is 19.8 Å². The SMILES string of the molecule is CN(C)CCNC(=O)Cn1cnc(-c2ccc(F)cc2)c1-c1ccnc2[nH]ccc12. The van der Waals surface area contributed by atoms with Crippen LogP contribution >= 0.6 is 0 Å². The largest absolute Gasteiger partial charge is 0.353 e. The van der Waals surface area contributed by atoms with Crippen molar-refractivity contribution < 1.29 is 9.18 Å². The van der Waals surface area contributed by atoms with Gasteiger partial charge in [-0.3, -0.25) is 4.79 Å². The smallest absolute Gasteiger partial charge is 0.240 e. The third-order valence-electron chi connectivity index (χ3n) is 4.87. The second-order valence-corrected chi connectivity index (χ2v) is 7.33. The number of rotatable bonds is 7. The fourth-order valence-corrected chi connectivity index (χ4v) is 3.40. The minimum Gasteiger partial charge on any atom is -0.353 e. The van der Waals surface area contributed by atoms with Crippen LogP contribution < -0.4 is 5.32 Å². The van der Waals surface area contributed by atoms with E-state index < -0.39 is 0 Å². The Morgan fingerprint density at radius 2 is 1.97 bits per heavy atom. The van der Waals surface area contributed by atoms with Crippen LogP contribution in [0, 0.1) is 5.82 Å². The average molecular weight is 406 g/mol. The van der Waals surface area contributed by atoms with Gasteiger partial charge in [0.1, 0.15) is 18.0 Å². The highest BCUT2D eigenvalue weighted by molar-refractivity contribution is 5.96. The molecule has 1 amide bonds. The van der Waals surface area contributed by atoms with E-state index in [0.717, 1.165) is 34.4 Å². The van der Waals surface area contributed by atoms with Gasteiger partial charge in [0.25, 0.3) is 0 Å². The molecule has 0 saturated heterocycles. The van der Waals surface area contributed by atoms with Crippen LogP contribution in [-0.2, 0) is 11.3 Å². The Bertz CT molecular complexity index is 1160. The molecule has 1 aromatic carbocycles. The summed E-state index contributed by atoms with van der Waals surface area (Å²) in [6.07, 6.45) is 5.20. The van der Waals surface area contributed by atoms with E-state index in [4.69, 9.17) is 0 Å². The molecule has 0 aliphatic heterocycles. The normalized spacial score (nSPS) is 11.3. The van der Waals surface area contributed by atoms with Crippen LogP contribution in [0.25, 0.3) is 33.5 Å². The van der Waals surface area contributed by atoms with Gasteiger partial charge in [-0.25, -0.2) is 14.4 Å². The summed E-state index contributed by atoms with van der Waals surface area (Å²) in [4.78, 5) is 26.6. The number of likely N-dealkylation sites (N-methyl/N-ethyl adjacent to an activating group) is 1. The summed E-state index contributed by atoms with van der Waals surface area (Å²) in [5.74, 6) is -0.405. The number of fused-ring (bicyclic) bond motifs is 1.